The van der Waals surface area contributed by atoms with Crippen LogP contribution in [-0.2, 0) is 5.41 Å². The molecule has 0 atom stereocenters. The van der Waals surface area contributed by atoms with Crippen molar-refractivity contribution in [2.75, 3.05) is 5.73 Å². The van der Waals surface area contributed by atoms with Crippen LogP contribution in [-0.4, -0.2) is 14.6 Å². The summed E-state index contributed by atoms with van der Waals surface area (Å²) in [5.74, 6) is 0.296. The molecule has 0 amide bonds. The number of hydrogen-bond donors (Lipinski definition) is 1. The van der Waals surface area contributed by atoms with Gasteiger partial charge in [0, 0.05) is 11.8 Å². The highest BCUT2D eigenvalue weighted by molar-refractivity contribution is 5.78. The number of aromatic nitrogens is 3. The van der Waals surface area contributed by atoms with Crippen molar-refractivity contribution in [3.63, 3.8) is 0 Å². The molecule has 1 aromatic carbocycles. The van der Waals surface area contributed by atoms with E-state index < -0.39 is 0 Å². The van der Waals surface area contributed by atoms with Gasteiger partial charge in [-0.3, -0.25) is 0 Å². The Labute approximate surface area is 118 Å². The van der Waals surface area contributed by atoms with Gasteiger partial charge in [0.25, 0.3) is 0 Å². The third kappa shape index (κ3) is 2.13. The molecular formula is C16H18N4. The summed E-state index contributed by atoms with van der Waals surface area (Å²) in [5.41, 5.74) is 10.1. The van der Waals surface area contributed by atoms with E-state index in [-0.39, 0.29) is 5.41 Å². The van der Waals surface area contributed by atoms with Gasteiger partial charge >= 0.3 is 0 Å². The van der Waals surface area contributed by atoms with E-state index in [0.717, 1.165) is 16.8 Å². The standard InChI is InChI=1S/C16H18N4/c1-16(2,3)12-7-4-6-11(10-12)13-8-5-9-20-14(13)18-15(17)19-20/h4-10H,1-3H3,(H2,17,19). The monoisotopic (exact) mass is 266 g/mol. The first-order valence-corrected chi connectivity index (χ1v) is 6.67. The summed E-state index contributed by atoms with van der Waals surface area (Å²) >= 11 is 0. The predicted molar refractivity (Wildman–Crippen MR) is 81.5 cm³/mol. The number of pyridine rings is 1. The van der Waals surface area contributed by atoms with Crippen LogP contribution in [0.25, 0.3) is 16.8 Å². The Bertz CT molecular complexity index is 765. The summed E-state index contributed by atoms with van der Waals surface area (Å²) in [6.45, 7) is 6.63. The molecule has 20 heavy (non-hydrogen) atoms. The highest BCUT2D eigenvalue weighted by Gasteiger charge is 2.15. The van der Waals surface area contributed by atoms with E-state index in [9.17, 15) is 0 Å². The lowest BCUT2D eigenvalue weighted by atomic mass is 9.85. The zero-order valence-electron chi connectivity index (χ0n) is 12.0. The molecule has 0 radical (unpaired) electrons. The molecule has 0 spiro atoms. The predicted octanol–water partition coefficient (Wildman–Crippen LogP) is 3.28. The van der Waals surface area contributed by atoms with E-state index in [2.05, 4.69) is 55.1 Å². The molecule has 4 heteroatoms. The molecule has 2 aromatic heterocycles. The van der Waals surface area contributed by atoms with Crippen LogP contribution in [0.4, 0.5) is 5.95 Å². The lowest BCUT2D eigenvalue weighted by Crippen LogP contribution is -2.10. The number of benzene rings is 1. The Kier molecular flexibility index (Phi) is 2.74. The molecule has 4 nitrogen and oxygen atoms in total. The topological polar surface area (TPSA) is 56.2 Å². The second kappa shape index (κ2) is 4.34. The van der Waals surface area contributed by atoms with Gasteiger partial charge in [0.1, 0.15) is 0 Å². The largest absolute Gasteiger partial charge is 0.366 e. The van der Waals surface area contributed by atoms with Crippen LogP contribution in [0.2, 0.25) is 0 Å². The molecule has 102 valence electrons. The van der Waals surface area contributed by atoms with Gasteiger partial charge in [-0.15, -0.1) is 5.10 Å². The molecule has 0 saturated heterocycles. The van der Waals surface area contributed by atoms with Gasteiger partial charge in [0.2, 0.25) is 5.95 Å². The highest BCUT2D eigenvalue weighted by atomic mass is 15.3. The minimum atomic E-state index is 0.119. The number of anilines is 1. The second-order valence-corrected chi connectivity index (χ2v) is 5.99. The Hall–Kier alpha value is -2.36. The molecule has 2 heterocycles. The molecule has 3 rings (SSSR count). The van der Waals surface area contributed by atoms with Gasteiger partial charge < -0.3 is 5.73 Å². The molecule has 0 fully saturated rings. The lowest BCUT2D eigenvalue weighted by Gasteiger charge is -2.19. The van der Waals surface area contributed by atoms with Gasteiger partial charge in [0.05, 0.1) is 0 Å². The fourth-order valence-corrected chi connectivity index (χ4v) is 2.30. The van der Waals surface area contributed by atoms with Crippen LogP contribution in [0.15, 0.2) is 42.6 Å². The smallest absolute Gasteiger partial charge is 0.240 e. The first kappa shape index (κ1) is 12.7. The fraction of sp³-hybridized carbons (Fsp3) is 0.250. The summed E-state index contributed by atoms with van der Waals surface area (Å²) in [4.78, 5) is 4.31. The van der Waals surface area contributed by atoms with Crippen molar-refractivity contribution in [2.45, 2.75) is 26.2 Å². The molecule has 0 aliphatic heterocycles. The number of fused-ring (bicyclic) bond motifs is 1. The number of nitrogens with two attached hydrogens (primary N) is 1. The SMILES string of the molecule is CC(C)(C)c1cccc(-c2cccn3nc(N)nc23)c1. The summed E-state index contributed by atoms with van der Waals surface area (Å²) in [6.07, 6.45) is 1.86. The van der Waals surface area contributed by atoms with Gasteiger partial charge in [0.15, 0.2) is 5.65 Å². The van der Waals surface area contributed by atoms with Crippen molar-refractivity contribution in [3.8, 4) is 11.1 Å². The quantitative estimate of drug-likeness (QED) is 0.735. The molecular weight excluding hydrogens is 248 g/mol. The van der Waals surface area contributed by atoms with Crippen molar-refractivity contribution >= 4 is 11.6 Å². The maximum atomic E-state index is 5.69. The first-order valence-electron chi connectivity index (χ1n) is 6.67. The average Bonchev–Trinajstić information content (AvgIpc) is 2.77. The van der Waals surface area contributed by atoms with E-state index in [1.807, 2.05) is 18.3 Å². The third-order valence-corrected chi connectivity index (χ3v) is 3.42. The Morgan fingerprint density at radius 3 is 2.65 bits per heavy atom. The zero-order chi connectivity index (χ0) is 14.3. The van der Waals surface area contributed by atoms with Crippen molar-refractivity contribution < 1.29 is 0 Å². The van der Waals surface area contributed by atoms with Crippen LogP contribution in [0.3, 0.4) is 0 Å². The second-order valence-electron chi connectivity index (χ2n) is 5.99. The van der Waals surface area contributed by atoms with Crippen LogP contribution < -0.4 is 5.73 Å². The molecule has 0 bridgehead atoms. The normalized spacial score (nSPS) is 11.9. The van der Waals surface area contributed by atoms with E-state index >= 15 is 0 Å². The molecule has 0 aliphatic rings. The number of rotatable bonds is 1. The maximum Gasteiger partial charge on any atom is 0.240 e. The molecule has 0 aliphatic carbocycles. The molecule has 0 unspecified atom stereocenters. The molecule has 2 N–H and O–H groups in total. The minimum absolute atomic E-state index is 0.119. The molecule has 3 aromatic rings. The Balaban J connectivity index is 2.21. The highest BCUT2D eigenvalue weighted by Crippen LogP contribution is 2.29. The van der Waals surface area contributed by atoms with Gasteiger partial charge in [-0.2, -0.15) is 4.98 Å². The van der Waals surface area contributed by atoms with Gasteiger partial charge in [-0.05, 0) is 28.7 Å². The third-order valence-electron chi connectivity index (χ3n) is 3.42. The summed E-state index contributed by atoms with van der Waals surface area (Å²) < 4.78 is 1.72. The lowest BCUT2D eigenvalue weighted by molar-refractivity contribution is 0.590. The van der Waals surface area contributed by atoms with E-state index in [0.29, 0.717) is 5.95 Å². The Morgan fingerprint density at radius 1 is 1.10 bits per heavy atom. The fourth-order valence-electron chi connectivity index (χ4n) is 2.30. The van der Waals surface area contributed by atoms with Gasteiger partial charge in [-0.25, -0.2) is 4.52 Å². The summed E-state index contributed by atoms with van der Waals surface area (Å²) in [7, 11) is 0. The van der Waals surface area contributed by atoms with Crippen LogP contribution >= 0.6 is 0 Å². The van der Waals surface area contributed by atoms with E-state index in [1.165, 1.54) is 5.56 Å². The first-order chi connectivity index (χ1) is 9.45. The summed E-state index contributed by atoms with van der Waals surface area (Å²) in [5, 5.41) is 4.15. The van der Waals surface area contributed by atoms with Crippen LogP contribution in [0.5, 0.6) is 0 Å². The molecule has 0 saturated carbocycles. The minimum Gasteiger partial charge on any atom is -0.366 e. The number of nitrogen functional groups attached to an aromatic ring is 1. The Morgan fingerprint density at radius 2 is 1.90 bits per heavy atom. The van der Waals surface area contributed by atoms with E-state index in [1.54, 1.807) is 4.52 Å². The van der Waals surface area contributed by atoms with Crippen LogP contribution in [0.1, 0.15) is 26.3 Å². The number of hydrogen-bond acceptors (Lipinski definition) is 3. The zero-order valence-corrected chi connectivity index (χ0v) is 12.0. The van der Waals surface area contributed by atoms with E-state index in [4.69, 9.17) is 5.73 Å². The summed E-state index contributed by atoms with van der Waals surface area (Å²) in [6, 6.07) is 12.5. The van der Waals surface area contributed by atoms with Crippen molar-refractivity contribution in [1.82, 2.24) is 14.6 Å². The average molecular weight is 266 g/mol. The van der Waals surface area contributed by atoms with Crippen molar-refractivity contribution in [1.29, 1.82) is 0 Å². The van der Waals surface area contributed by atoms with Crippen LogP contribution in [0, 0.1) is 0 Å². The van der Waals surface area contributed by atoms with Gasteiger partial charge in [-0.1, -0.05) is 45.0 Å². The maximum absolute atomic E-state index is 5.69. The number of nitrogens with zero attached hydrogens (tertiary/aromatic N) is 3. The van der Waals surface area contributed by atoms with Crippen molar-refractivity contribution in [3.05, 3.63) is 48.2 Å². The van der Waals surface area contributed by atoms with Crippen molar-refractivity contribution in [2.24, 2.45) is 0 Å².